The number of hydrogen-bond acceptors (Lipinski definition) is 1. The maximum Gasteiger partial charge on any atom is 0.0464 e. The first kappa shape index (κ1) is 11.8. The second-order valence-electron chi connectivity index (χ2n) is 5.58. The molecule has 1 fully saturated rings. The van der Waals surface area contributed by atoms with Gasteiger partial charge in [0.05, 0.1) is 0 Å². The minimum Gasteiger partial charge on any atom is -0.396 e. The summed E-state index contributed by atoms with van der Waals surface area (Å²) in [5.74, 6) is 0.976. The van der Waals surface area contributed by atoms with Crippen molar-refractivity contribution in [1.82, 2.24) is 0 Å². The average Bonchev–Trinajstić information content (AvgIpc) is 2.38. The molecule has 14 heavy (non-hydrogen) atoms. The highest BCUT2D eigenvalue weighted by atomic mass is 16.3. The minimum atomic E-state index is 0.218. The largest absolute Gasteiger partial charge is 0.396 e. The molecule has 0 aromatic rings. The highest BCUT2D eigenvalue weighted by molar-refractivity contribution is 5.05. The predicted molar refractivity (Wildman–Crippen MR) is 61.1 cm³/mol. The fourth-order valence-electron chi connectivity index (χ4n) is 3.02. The van der Waals surface area contributed by atoms with Crippen molar-refractivity contribution < 1.29 is 5.11 Å². The van der Waals surface area contributed by atoms with Crippen molar-refractivity contribution >= 4 is 0 Å². The van der Waals surface area contributed by atoms with E-state index in [-0.39, 0.29) is 5.41 Å². The molecule has 0 aromatic carbocycles. The Bertz CT molecular complexity index is 219. The van der Waals surface area contributed by atoms with Gasteiger partial charge in [-0.15, -0.1) is 6.58 Å². The van der Waals surface area contributed by atoms with Gasteiger partial charge in [-0.1, -0.05) is 33.8 Å². The second kappa shape index (κ2) is 3.69. The Labute approximate surface area is 88.2 Å². The van der Waals surface area contributed by atoms with E-state index in [1.807, 2.05) is 0 Å². The van der Waals surface area contributed by atoms with E-state index in [4.69, 9.17) is 0 Å². The third-order valence-corrected chi connectivity index (χ3v) is 5.08. The van der Waals surface area contributed by atoms with Crippen LogP contribution in [0.5, 0.6) is 0 Å². The topological polar surface area (TPSA) is 20.2 Å². The molecule has 1 nitrogen and oxygen atoms in total. The summed E-state index contributed by atoms with van der Waals surface area (Å²) in [6, 6.07) is 0. The van der Waals surface area contributed by atoms with Crippen LogP contribution in [-0.4, -0.2) is 11.7 Å². The minimum absolute atomic E-state index is 0.218. The van der Waals surface area contributed by atoms with Crippen molar-refractivity contribution in [3.05, 3.63) is 12.7 Å². The third-order valence-electron chi connectivity index (χ3n) is 5.08. The SMILES string of the molecule is C=CC(C)C1(C)CCC(CO)C1(C)C. The van der Waals surface area contributed by atoms with Crippen LogP contribution >= 0.6 is 0 Å². The maximum absolute atomic E-state index is 9.36. The van der Waals surface area contributed by atoms with Gasteiger partial charge in [0.2, 0.25) is 0 Å². The van der Waals surface area contributed by atoms with Gasteiger partial charge in [-0.2, -0.15) is 0 Å². The molecule has 1 rings (SSSR count). The van der Waals surface area contributed by atoms with Crippen molar-refractivity contribution in [1.29, 1.82) is 0 Å². The van der Waals surface area contributed by atoms with E-state index in [0.29, 0.717) is 23.9 Å². The molecule has 82 valence electrons. The van der Waals surface area contributed by atoms with Crippen molar-refractivity contribution in [2.24, 2.45) is 22.7 Å². The third kappa shape index (κ3) is 1.42. The Morgan fingerprint density at radius 1 is 1.50 bits per heavy atom. The predicted octanol–water partition coefficient (Wildman–Crippen LogP) is 3.24. The lowest BCUT2D eigenvalue weighted by Crippen LogP contribution is -2.39. The van der Waals surface area contributed by atoms with E-state index in [1.54, 1.807) is 0 Å². The number of allylic oxidation sites excluding steroid dienone is 1. The fourth-order valence-corrected chi connectivity index (χ4v) is 3.02. The Kier molecular flexibility index (Phi) is 3.10. The van der Waals surface area contributed by atoms with Crippen LogP contribution in [0.3, 0.4) is 0 Å². The number of hydrogen-bond donors (Lipinski definition) is 1. The molecule has 1 saturated carbocycles. The van der Waals surface area contributed by atoms with Crippen LogP contribution in [0.2, 0.25) is 0 Å². The molecular weight excluding hydrogens is 172 g/mol. The molecule has 1 N–H and O–H groups in total. The standard InChI is InChI=1S/C13H24O/c1-6-10(2)13(5)8-7-11(9-14)12(13,3)4/h6,10-11,14H,1,7-9H2,2-5H3. The van der Waals surface area contributed by atoms with Crippen LogP contribution in [0.4, 0.5) is 0 Å². The first-order valence-corrected chi connectivity index (χ1v) is 5.63. The highest BCUT2D eigenvalue weighted by Gasteiger charge is 2.52. The summed E-state index contributed by atoms with van der Waals surface area (Å²) in [7, 11) is 0. The normalized spacial score (nSPS) is 38.2. The lowest BCUT2D eigenvalue weighted by molar-refractivity contribution is 0.0298. The summed E-state index contributed by atoms with van der Waals surface area (Å²) in [6.45, 7) is 13.4. The molecule has 3 atom stereocenters. The zero-order chi connectivity index (χ0) is 11.0. The summed E-state index contributed by atoms with van der Waals surface area (Å²) in [4.78, 5) is 0. The number of aliphatic hydroxyl groups excluding tert-OH is 1. The van der Waals surface area contributed by atoms with E-state index in [9.17, 15) is 5.11 Å². The molecular formula is C13H24O. The van der Waals surface area contributed by atoms with Gasteiger partial charge in [-0.05, 0) is 35.5 Å². The van der Waals surface area contributed by atoms with E-state index in [2.05, 4.69) is 40.3 Å². The van der Waals surface area contributed by atoms with Crippen LogP contribution < -0.4 is 0 Å². The molecule has 0 heterocycles. The molecule has 0 amide bonds. The molecule has 0 bridgehead atoms. The first-order valence-electron chi connectivity index (χ1n) is 5.63. The van der Waals surface area contributed by atoms with E-state index >= 15 is 0 Å². The quantitative estimate of drug-likeness (QED) is 0.687. The van der Waals surface area contributed by atoms with Gasteiger partial charge in [0.25, 0.3) is 0 Å². The Morgan fingerprint density at radius 2 is 2.07 bits per heavy atom. The Morgan fingerprint density at radius 3 is 2.43 bits per heavy atom. The molecule has 1 heteroatoms. The van der Waals surface area contributed by atoms with Crippen LogP contribution in [0.1, 0.15) is 40.5 Å². The first-order chi connectivity index (χ1) is 6.40. The molecule has 0 spiro atoms. The number of aliphatic hydroxyl groups is 1. The summed E-state index contributed by atoms with van der Waals surface area (Å²) in [5.41, 5.74) is 0.511. The lowest BCUT2D eigenvalue weighted by Gasteiger charge is -2.44. The lowest BCUT2D eigenvalue weighted by atomic mass is 9.60. The van der Waals surface area contributed by atoms with Crippen molar-refractivity contribution in [2.75, 3.05) is 6.61 Å². The van der Waals surface area contributed by atoms with Gasteiger partial charge in [-0.3, -0.25) is 0 Å². The molecule has 0 aliphatic heterocycles. The van der Waals surface area contributed by atoms with Crippen LogP contribution in [0, 0.1) is 22.7 Å². The van der Waals surface area contributed by atoms with E-state index in [0.717, 1.165) is 6.42 Å². The van der Waals surface area contributed by atoms with E-state index in [1.165, 1.54) is 6.42 Å². The summed E-state index contributed by atoms with van der Waals surface area (Å²) < 4.78 is 0. The molecule has 0 saturated heterocycles. The van der Waals surface area contributed by atoms with Crippen LogP contribution in [-0.2, 0) is 0 Å². The van der Waals surface area contributed by atoms with Gasteiger partial charge in [0, 0.05) is 6.61 Å². The highest BCUT2D eigenvalue weighted by Crippen LogP contribution is 2.59. The zero-order valence-corrected chi connectivity index (χ0v) is 10.0. The maximum atomic E-state index is 9.36. The van der Waals surface area contributed by atoms with Gasteiger partial charge in [0.1, 0.15) is 0 Å². The molecule has 1 aliphatic carbocycles. The summed E-state index contributed by atoms with van der Waals surface area (Å²) in [6.07, 6.45) is 4.41. The molecule has 1 aliphatic rings. The number of rotatable bonds is 3. The van der Waals surface area contributed by atoms with Crippen LogP contribution in [0.15, 0.2) is 12.7 Å². The summed E-state index contributed by atoms with van der Waals surface area (Å²) >= 11 is 0. The van der Waals surface area contributed by atoms with Crippen LogP contribution in [0.25, 0.3) is 0 Å². The molecule has 0 aromatic heterocycles. The van der Waals surface area contributed by atoms with Gasteiger partial charge < -0.3 is 5.11 Å². The van der Waals surface area contributed by atoms with Gasteiger partial charge in [-0.25, -0.2) is 0 Å². The summed E-state index contributed by atoms with van der Waals surface area (Å²) in [5, 5.41) is 9.36. The average molecular weight is 196 g/mol. The van der Waals surface area contributed by atoms with Gasteiger partial charge >= 0.3 is 0 Å². The molecule has 3 unspecified atom stereocenters. The molecule has 0 radical (unpaired) electrons. The van der Waals surface area contributed by atoms with E-state index < -0.39 is 0 Å². The van der Waals surface area contributed by atoms with Crippen molar-refractivity contribution in [3.63, 3.8) is 0 Å². The monoisotopic (exact) mass is 196 g/mol. The van der Waals surface area contributed by atoms with Crippen molar-refractivity contribution in [2.45, 2.75) is 40.5 Å². The Hall–Kier alpha value is -0.300. The van der Waals surface area contributed by atoms with Gasteiger partial charge in [0.15, 0.2) is 0 Å². The smallest absolute Gasteiger partial charge is 0.0464 e. The Balaban J connectivity index is 2.96. The zero-order valence-electron chi connectivity index (χ0n) is 10.0. The second-order valence-corrected chi connectivity index (χ2v) is 5.58. The fraction of sp³-hybridized carbons (Fsp3) is 0.846. The van der Waals surface area contributed by atoms with Crippen molar-refractivity contribution in [3.8, 4) is 0 Å².